The number of hydrogen-bond donors (Lipinski definition) is 0. The van der Waals surface area contributed by atoms with Crippen molar-refractivity contribution in [3.8, 4) is 0 Å². The van der Waals surface area contributed by atoms with Crippen LogP contribution in [0.2, 0.25) is 0 Å². The molecule has 0 saturated carbocycles. The van der Waals surface area contributed by atoms with Crippen LogP contribution in [0.4, 0.5) is 0 Å². The molecule has 2 rings (SSSR count). The normalized spacial score (nSPS) is 11.9. The molecule has 0 aliphatic carbocycles. The highest BCUT2D eigenvalue weighted by molar-refractivity contribution is 5.32. The minimum Gasteiger partial charge on any atom is -0.267 e. The summed E-state index contributed by atoms with van der Waals surface area (Å²) in [5, 5.41) is 8.27. The van der Waals surface area contributed by atoms with E-state index in [0.29, 0.717) is 17.6 Å². The number of nitrogens with zero attached hydrogens (tertiary/aromatic N) is 4. The van der Waals surface area contributed by atoms with Gasteiger partial charge in [-0.1, -0.05) is 27.7 Å². The van der Waals surface area contributed by atoms with Crippen molar-refractivity contribution >= 4 is 5.78 Å². The molecule has 0 fully saturated rings. The first-order valence-corrected chi connectivity index (χ1v) is 5.31. The molecule has 0 aromatic carbocycles. The molecule has 0 aliphatic heterocycles. The second-order valence-corrected chi connectivity index (χ2v) is 4.37. The van der Waals surface area contributed by atoms with Gasteiger partial charge >= 0.3 is 0 Å². The summed E-state index contributed by atoms with van der Waals surface area (Å²) in [5.41, 5.74) is 1.22. The summed E-state index contributed by atoms with van der Waals surface area (Å²) in [6, 6.07) is 2.03. The SMILES string of the molecule is CC(C)c1ccnc2nnc(C(C)C)n12. The van der Waals surface area contributed by atoms with E-state index in [2.05, 4.69) is 47.3 Å². The van der Waals surface area contributed by atoms with Gasteiger partial charge in [0.05, 0.1) is 0 Å². The van der Waals surface area contributed by atoms with Crippen LogP contribution < -0.4 is 0 Å². The van der Waals surface area contributed by atoms with Gasteiger partial charge < -0.3 is 0 Å². The molecule has 0 saturated heterocycles. The highest BCUT2D eigenvalue weighted by Gasteiger charge is 2.14. The lowest BCUT2D eigenvalue weighted by Gasteiger charge is -2.11. The van der Waals surface area contributed by atoms with Crippen molar-refractivity contribution in [2.45, 2.75) is 39.5 Å². The summed E-state index contributed by atoms with van der Waals surface area (Å²) in [7, 11) is 0. The minimum atomic E-state index is 0.363. The second-order valence-electron chi connectivity index (χ2n) is 4.37. The Morgan fingerprint density at radius 1 is 1.07 bits per heavy atom. The van der Waals surface area contributed by atoms with Crippen molar-refractivity contribution in [1.82, 2.24) is 19.6 Å². The minimum absolute atomic E-state index is 0.363. The zero-order valence-electron chi connectivity index (χ0n) is 9.60. The van der Waals surface area contributed by atoms with E-state index >= 15 is 0 Å². The van der Waals surface area contributed by atoms with Gasteiger partial charge in [0.1, 0.15) is 5.82 Å². The lowest BCUT2D eigenvalue weighted by atomic mass is 10.1. The number of hydrogen-bond acceptors (Lipinski definition) is 3. The van der Waals surface area contributed by atoms with Gasteiger partial charge in [0.2, 0.25) is 0 Å². The van der Waals surface area contributed by atoms with Gasteiger partial charge in [0.15, 0.2) is 0 Å². The van der Waals surface area contributed by atoms with Crippen LogP contribution in [-0.4, -0.2) is 19.6 Å². The quantitative estimate of drug-likeness (QED) is 0.754. The molecule has 0 spiro atoms. The molecule has 0 bridgehead atoms. The molecule has 2 heterocycles. The zero-order valence-corrected chi connectivity index (χ0v) is 9.60. The third-order valence-electron chi connectivity index (χ3n) is 2.47. The van der Waals surface area contributed by atoms with Gasteiger partial charge in [-0.25, -0.2) is 4.98 Å². The van der Waals surface area contributed by atoms with Crippen LogP contribution in [0.15, 0.2) is 12.3 Å². The highest BCUT2D eigenvalue weighted by Crippen LogP contribution is 2.19. The summed E-state index contributed by atoms with van der Waals surface area (Å²) in [4.78, 5) is 4.22. The fourth-order valence-electron chi connectivity index (χ4n) is 1.70. The van der Waals surface area contributed by atoms with Crippen molar-refractivity contribution < 1.29 is 0 Å². The Morgan fingerprint density at radius 3 is 2.40 bits per heavy atom. The lowest BCUT2D eigenvalue weighted by Crippen LogP contribution is -2.05. The van der Waals surface area contributed by atoms with Gasteiger partial charge in [-0.2, -0.15) is 0 Å². The number of rotatable bonds is 2. The largest absolute Gasteiger partial charge is 0.267 e. The Hall–Kier alpha value is -1.45. The van der Waals surface area contributed by atoms with Crippen LogP contribution in [0, 0.1) is 0 Å². The van der Waals surface area contributed by atoms with Gasteiger partial charge in [-0.05, 0) is 12.0 Å². The molecule has 0 amide bonds. The van der Waals surface area contributed by atoms with Crippen molar-refractivity contribution in [2.24, 2.45) is 0 Å². The Bertz CT molecular complexity index is 470. The van der Waals surface area contributed by atoms with Gasteiger partial charge in [0, 0.05) is 17.8 Å². The van der Waals surface area contributed by atoms with Crippen LogP contribution in [0.5, 0.6) is 0 Å². The molecule has 0 N–H and O–H groups in total. The van der Waals surface area contributed by atoms with E-state index in [0.717, 1.165) is 5.82 Å². The molecule has 15 heavy (non-hydrogen) atoms. The molecule has 4 nitrogen and oxygen atoms in total. The molecule has 80 valence electrons. The van der Waals surface area contributed by atoms with Crippen molar-refractivity contribution in [2.75, 3.05) is 0 Å². The molecular formula is C11H16N4. The average molecular weight is 204 g/mol. The molecule has 4 heteroatoms. The lowest BCUT2D eigenvalue weighted by molar-refractivity contribution is 0.715. The van der Waals surface area contributed by atoms with Gasteiger partial charge in [0.25, 0.3) is 5.78 Å². The first-order valence-electron chi connectivity index (χ1n) is 5.31. The molecule has 2 aromatic rings. The van der Waals surface area contributed by atoms with Crippen molar-refractivity contribution in [3.63, 3.8) is 0 Å². The number of aromatic nitrogens is 4. The maximum atomic E-state index is 4.22. The topological polar surface area (TPSA) is 43.1 Å². The monoisotopic (exact) mass is 204 g/mol. The average Bonchev–Trinajstić information content (AvgIpc) is 2.60. The van der Waals surface area contributed by atoms with E-state index in [1.807, 2.05) is 6.07 Å². The fraction of sp³-hybridized carbons (Fsp3) is 0.545. The van der Waals surface area contributed by atoms with Crippen LogP contribution in [0.3, 0.4) is 0 Å². The number of fused-ring (bicyclic) bond motifs is 1. The van der Waals surface area contributed by atoms with Gasteiger partial charge in [-0.3, -0.25) is 4.40 Å². The first kappa shape index (κ1) is 10.1. The maximum absolute atomic E-state index is 4.22. The fourth-order valence-corrected chi connectivity index (χ4v) is 1.70. The third-order valence-corrected chi connectivity index (χ3v) is 2.47. The molecule has 2 aromatic heterocycles. The third kappa shape index (κ3) is 1.60. The molecular weight excluding hydrogens is 188 g/mol. The summed E-state index contributed by atoms with van der Waals surface area (Å²) < 4.78 is 2.06. The molecule has 0 radical (unpaired) electrons. The Kier molecular flexibility index (Phi) is 2.42. The predicted molar refractivity (Wildman–Crippen MR) is 59.0 cm³/mol. The molecule has 0 atom stereocenters. The Balaban J connectivity index is 2.75. The Labute approximate surface area is 89.4 Å². The highest BCUT2D eigenvalue weighted by atomic mass is 15.3. The van der Waals surface area contributed by atoms with Crippen LogP contribution in [0.1, 0.15) is 51.0 Å². The second kappa shape index (κ2) is 3.61. The summed E-state index contributed by atoms with van der Waals surface area (Å²) >= 11 is 0. The van der Waals surface area contributed by atoms with E-state index in [4.69, 9.17) is 0 Å². The van der Waals surface area contributed by atoms with E-state index in [9.17, 15) is 0 Å². The standard InChI is InChI=1S/C11H16N4/c1-7(2)9-5-6-12-11-14-13-10(8(3)4)15(9)11/h5-8H,1-4H3. The van der Waals surface area contributed by atoms with Crippen LogP contribution in [0.25, 0.3) is 5.78 Å². The first-order chi connectivity index (χ1) is 7.11. The van der Waals surface area contributed by atoms with Crippen molar-refractivity contribution in [1.29, 1.82) is 0 Å². The summed E-state index contributed by atoms with van der Waals surface area (Å²) in [6.07, 6.45) is 1.80. The summed E-state index contributed by atoms with van der Waals surface area (Å²) in [6.45, 7) is 8.57. The predicted octanol–water partition coefficient (Wildman–Crippen LogP) is 2.37. The maximum Gasteiger partial charge on any atom is 0.255 e. The van der Waals surface area contributed by atoms with E-state index in [-0.39, 0.29) is 0 Å². The van der Waals surface area contributed by atoms with Crippen LogP contribution >= 0.6 is 0 Å². The van der Waals surface area contributed by atoms with E-state index in [1.165, 1.54) is 5.69 Å². The van der Waals surface area contributed by atoms with E-state index < -0.39 is 0 Å². The van der Waals surface area contributed by atoms with Gasteiger partial charge in [-0.15, -0.1) is 10.2 Å². The molecule has 0 aliphatic rings. The molecule has 0 unspecified atom stereocenters. The van der Waals surface area contributed by atoms with E-state index in [1.54, 1.807) is 6.20 Å². The summed E-state index contributed by atoms with van der Waals surface area (Å²) in [5.74, 6) is 2.50. The van der Waals surface area contributed by atoms with Crippen molar-refractivity contribution in [3.05, 3.63) is 23.8 Å². The van der Waals surface area contributed by atoms with Crippen LogP contribution in [-0.2, 0) is 0 Å². The smallest absolute Gasteiger partial charge is 0.255 e. The Morgan fingerprint density at radius 2 is 1.80 bits per heavy atom. The zero-order chi connectivity index (χ0) is 11.0.